The van der Waals surface area contributed by atoms with Crippen molar-refractivity contribution in [3.05, 3.63) is 9.84 Å². The van der Waals surface area contributed by atoms with Gasteiger partial charge in [-0.05, 0) is 48.4 Å². The van der Waals surface area contributed by atoms with Gasteiger partial charge >= 0.3 is 0 Å². The van der Waals surface area contributed by atoms with Gasteiger partial charge in [-0.15, -0.1) is 0 Å². The molecule has 0 atom stereocenters. The van der Waals surface area contributed by atoms with Crippen LogP contribution in [0.1, 0.15) is 46.0 Å². The summed E-state index contributed by atoms with van der Waals surface area (Å²) in [6.45, 7) is 5.03. The standard InChI is InChI=1S/C10H19IO/c1-3-5-6-7-8-9-10(11)12-4-2/h9H,3-8H2,1-2H3. The summed E-state index contributed by atoms with van der Waals surface area (Å²) in [5, 5.41) is 0. The minimum Gasteiger partial charge on any atom is -0.488 e. The van der Waals surface area contributed by atoms with Gasteiger partial charge in [0, 0.05) is 0 Å². The Labute approximate surface area is 89.7 Å². The summed E-state index contributed by atoms with van der Waals surface area (Å²) in [6, 6.07) is 0. The summed E-state index contributed by atoms with van der Waals surface area (Å²) in [6.07, 6.45) is 8.67. The van der Waals surface area contributed by atoms with Crippen LogP contribution >= 0.6 is 22.6 Å². The topological polar surface area (TPSA) is 9.23 Å². The van der Waals surface area contributed by atoms with Crippen LogP contribution in [0.4, 0.5) is 0 Å². The van der Waals surface area contributed by atoms with Crippen LogP contribution in [0, 0.1) is 0 Å². The number of allylic oxidation sites excluding steroid dienone is 1. The Morgan fingerprint density at radius 2 is 2.00 bits per heavy atom. The van der Waals surface area contributed by atoms with E-state index in [1.807, 2.05) is 6.92 Å². The smallest absolute Gasteiger partial charge is 0.152 e. The first-order valence-electron chi connectivity index (χ1n) is 4.79. The van der Waals surface area contributed by atoms with Gasteiger partial charge < -0.3 is 4.74 Å². The van der Waals surface area contributed by atoms with Crippen LogP contribution in [0.15, 0.2) is 9.84 Å². The zero-order valence-corrected chi connectivity index (χ0v) is 10.3. The van der Waals surface area contributed by atoms with Crippen LogP contribution in [-0.2, 0) is 4.74 Å². The number of rotatable bonds is 7. The van der Waals surface area contributed by atoms with Crippen molar-refractivity contribution in [2.45, 2.75) is 46.0 Å². The lowest BCUT2D eigenvalue weighted by atomic mass is 10.1. The maximum Gasteiger partial charge on any atom is 0.152 e. The minimum absolute atomic E-state index is 0.781. The lowest BCUT2D eigenvalue weighted by molar-refractivity contribution is 0.262. The van der Waals surface area contributed by atoms with Gasteiger partial charge in [0.25, 0.3) is 0 Å². The van der Waals surface area contributed by atoms with E-state index in [0.29, 0.717) is 0 Å². The lowest BCUT2D eigenvalue weighted by Gasteiger charge is -2.00. The minimum atomic E-state index is 0.781. The van der Waals surface area contributed by atoms with Gasteiger partial charge in [-0.1, -0.05) is 26.2 Å². The summed E-state index contributed by atoms with van der Waals surface area (Å²) in [4.78, 5) is 0. The molecule has 12 heavy (non-hydrogen) atoms. The van der Waals surface area contributed by atoms with E-state index in [9.17, 15) is 0 Å². The molecule has 0 fully saturated rings. The molecule has 0 rings (SSSR count). The molecule has 72 valence electrons. The fraction of sp³-hybridized carbons (Fsp3) is 0.800. The normalized spacial score (nSPS) is 11.8. The predicted molar refractivity (Wildman–Crippen MR) is 62.5 cm³/mol. The summed E-state index contributed by atoms with van der Waals surface area (Å²) in [7, 11) is 0. The Morgan fingerprint density at radius 1 is 1.25 bits per heavy atom. The van der Waals surface area contributed by atoms with Crippen LogP contribution < -0.4 is 0 Å². The highest BCUT2D eigenvalue weighted by Crippen LogP contribution is 2.11. The summed E-state index contributed by atoms with van der Waals surface area (Å²) in [5.74, 6) is 0. The second-order valence-corrected chi connectivity index (χ2v) is 3.85. The molecule has 0 bridgehead atoms. The maximum atomic E-state index is 5.30. The molecular formula is C10H19IO. The highest BCUT2D eigenvalue weighted by atomic mass is 127. The monoisotopic (exact) mass is 282 g/mol. The Bertz CT molecular complexity index is 121. The van der Waals surface area contributed by atoms with Crippen molar-refractivity contribution in [3.63, 3.8) is 0 Å². The predicted octanol–water partition coefficient (Wildman–Crippen LogP) is 4.27. The molecule has 0 aromatic rings. The lowest BCUT2D eigenvalue weighted by Crippen LogP contribution is -1.83. The first kappa shape index (κ1) is 12.3. The van der Waals surface area contributed by atoms with E-state index in [1.54, 1.807) is 0 Å². The Balaban J connectivity index is 3.21. The van der Waals surface area contributed by atoms with Gasteiger partial charge in [-0.3, -0.25) is 0 Å². The molecule has 0 amide bonds. The molecular weight excluding hydrogens is 263 g/mol. The quantitative estimate of drug-likeness (QED) is 0.385. The second-order valence-electron chi connectivity index (χ2n) is 2.79. The van der Waals surface area contributed by atoms with Crippen molar-refractivity contribution in [1.82, 2.24) is 0 Å². The zero-order chi connectivity index (χ0) is 9.23. The summed E-state index contributed by atoms with van der Waals surface area (Å²) in [5.41, 5.74) is 0. The van der Waals surface area contributed by atoms with Crippen LogP contribution in [0.5, 0.6) is 0 Å². The van der Waals surface area contributed by atoms with E-state index in [2.05, 4.69) is 35.6 Å². The molecule has 0 aliphatic heterocycles. The molecule has 0 unspecified atom stereocenters. The van der Waals surface area contributed by atoms with E-state index >= 15 is 0 Å². The number of ether oxygens (including phenoxy) is 1. The third-order valence-electron chi connectivity index (χ3n) is 1.64. The largest absolute Gasteiger partial charge is 0.488 e. The van der Waals surface area contributed by atoms with Gasteiger partial charge in [-0.25, -0.2) is 0 Å². The Hall–Kier alpha value is 0.270. The first-order chi connectivity index (χ1) is 5.81. The van der Waals surface area contributed by atoms with Crippen LogP contribution in [0.3, 0.4) is 0 Å². The molecule has 0 saturated heterocycles. The molecule has 0 aromatic carbocycles. The zero-order valence-electron chi connectivity index (χ0n) is 8.11. The van der Waals surface area contributed by atoms with Crippen molar-refractivity contribution in [2.24, 2.45) is 0 Å². The fourth-order valence-corrected chi connectivity index (χ4v) is 1.61. The average Bonchev–Trinajstić information content (AvgIpc) is 2.05. The van der Waals surface area contributed by atoms with Crippen molar-refractivity contribution >= 4 is 22.6 Å². The molecule has 0 heterocycles. The van der Waals surface area contributed by atoms with E-state index < -0.39 is 0 Å². The van der Waals surface area contributed by atoms with Crippen molar-refractivity contribution in [1.29, 1.82) is 0 Å². The summed E-state index contributed by atoms with van der Waals surface area (Å²) >= 11 is 2.24. The molecule has 0 aliphatic carbocycles. The van der Waals surface area contributed by atoms with Gasteiger partial charge in [0.2, 0.25) is 0 Å². The van der Waals surface area contributed by atoms with Crippen molar-refractivity contribution in [3.8, 4) is 0 Å². The molecule has 0 aromatic heterocycles. The maximum absolute atomic E-state index is 5.30. The Kier molecular flexibility index (Phi) is 9.57. The van der Waals surface area contributed by atoms with Gasteiger partial charge in [0.1, 0.15) is 0 Å². The number of hydrogen-bond acceptors (Lipinski definition) is 1. The number of halogens is 1. The molecule has 0 N–H and O–H groups in total. The first-order valence-corrected chi connectivity index (χ1v) is 5.87. The second kappa shape index (κ2) is 9.36. The van der Waals surface area contributed by atoms with E-state index in [-0.39, 0.29) is 0 Å². The molecule has 2 heteroatoms. The third-order valence-corrected chi connectivity index (χ3v) is 2.40. The summed E-state index contributed by atoms with van der Waals surface area (Å²) < 4.78 is 6.34. The fourth-order valence-electron chi connectivity index (χ4n) is 0.983. The molecule has 1 nitrogen and oxygen atoms in total. The molecule has 0 spiro atoms. The van der Waals surface area contributed by atoms with Crippen LogP contribution in [0.2, 0.25) is 0 Å². The SMILES string of the molecule is CCCCCCC=C(I)OCC. The molecule has 0 aliphatic rings. The average molecular weight is 282 g/mol. The molecule has 0 radical (unpaired) electrons. The highest BCUT2D eigenvalue weighted by molar-refractivity contribution is 14.1. The third kappa shape index (κ3) is 8.37. The number of hydrogen-bond donors (Lipinski definition) is 0. The van der Waals surface area contributed by atoms with Crippen LogP contribution in [-0.4, -0.2) is 6.61 Å². The van der Waals surface area contributed by atoms with Gasteiger partial charge in [-0.2, -0.15) is 0 Å². The van der Waals surface area contributed by atoms with Gasteiger partial charge in [0.05, 0.1) is 6.61 Å². The van der Waals surface area contributed by atoms with Gasteiger partial charge in [0.15, 0.2) is 3.77 Å². The number of unbranched alkanes of at least 4 members (excludes halogenated alkanes) is 4. The van der Waals surface area contributed by atoms with Crippen molar-refractivity contribution in [2.75, 3.05) is 6.61 Å². The van der Waals surface area contributed by atoms with E-state index in [1.165, 1.54) is 25.7 Å². The van der Waals surface area contributed by atoms with Crippen molar-refractivity contribution < 1.29 is 4.74 Å². The Morgan fingerprint density at radius 3 is 2.58 bits per heavy atom. The van der Waals surface area contributed by atoms with E-state index in [0.717, 1.165) is 16.8 Å². The van der Waals surface area contributed by atoms with Crippen LogP contribution in [0.25, 0.3) is 0 Å². The molecule has 0 saturated carbocycles. The van der Waals surface area contributed by atoms with E-state index in [4.69, 9.17) is 4.74 Å². The highest BCUT2D eigenvalue weighted by Gasteiger charge is 1.89.